The Balaban J connectivity index is 1.76. The number of nitrogens with zero attached hydrogens (tertiary/aromatic N) is 2. The number of fused-ring (bicyclic) bond motifs is 1. The Kier molecular flexibility index (Phi) is 5.76. The lowest BCUT2D eigenvalue weighted by Crippen LogP contribution is -2.50. The highest BCUT2D eigenvalue weighted by Gasteiger charge is 2.38. The van der Waals surface area contributed by atoms with Gasteiger partial charge in [-0.2, -0.15) is 17.0 Å². The number of hydrogen-bond acceptors (Lipinski definition) is 4. The van der Waals surface area contributed by atoms with Crippen LogP contribution in [0.25, 0.3) is 0 Å². The summed E-state index contributed by atoms with van der Waals surface area (Å²) < 4.78 is 33.6. The van der Waals surface area contributed by atoms with E-state index in [4.69, 9.17) is 4.74 Å². The number of piperidine rings is 1. The molecule has 156 valence electrons. The van der Waals surface area contributed by atoms with Crippen LogP contribution in [0.2, 0.25) is 0 Å². The molecule has 0 saturated carbocycles. The number of rotatable bonds is 4. The van der Waals surface area contributed by atoms with E-state index in [2.05, 4.69) is 5.32 Å². The summed E-state index contributed by atoms with van der Waals surface area (Å²) >= 11 is 0. The van der Waals surface area contributed by atoms with E-state index in [-0.39, 0.29) is 30.0 Å². The minimum absolute atomic E-state index is 0.0899. The van der Waals surface area contributed by atoms with Gasteiger partial charge in [-0.05, 0) is 45.2 Å². The van der Waals surface area contributed by atoms with E-state index < -0.39 is 10.2 Å². The summed E-state index contributed by atoms with van der Waals surface area (Å²) in [7, 11) is -0.473. The molecular formula is C20H31N3O4S. The second-order valence-corrected chi connectivity index (χ2v) is 10.8. The summed E-state index contributed by atoms with van der Waals surface area (Å²) in [6.45, 7) is 6.73. The third-order valence-corrected chi connectivity index (χ3v) is 7.39. The van der Waals surface area contributed by atoms with Crippen LogP contribution >= 0.6 is 0 Å². The number of aryl methyl sites for hydroxylation is 1. The van der Waals surface area contributed by atoms with E-state index in [0.717, 1.165) is 16.9 Å². The number of hydrogen-bond donors (Lipinski definition) is 1. The van der Waals surface area contributed by atoms with Crippen LogP contribution in [0.1, 0.15) is 50.3 Å². The Labute approximate surface area is 168 Å². The summed E-state index contributed by atoms with van der Waals surface area (Å²) in [6.07, 6.45) is 2.04. The van der Waals surface area contributed by atoms with Gasteiger partial charge in [0.25, 0.3) is 10.2 Å². The molecule has 0 unspecified atom stereocenters. The maximum atomic E-state index is 13.0. The van der Waals surface area contributed by atoms with Gasteiger partial charge in [0.2, 0.25) is 5.91 Å². The summed E-state index contributed by atoms with van der Waals surface area (Å²) in [5.41, 5.74) is 1.70. The lowest BCUT2D eigenvalue weighted by atomic mass is 9.88. The molecule has 3 rings (SSSR count). The molecule has 0 radical (unpaired) electrons. The Bertz CT molecular complexity index is 851. The van der Waals surface area contributed by atoms with Gasteiger partial charge >= 0.3 is 0 Å². The molecule has 0 aromatic heterocycles. The average Bonchev–Trinajstić information content (AvgIpc) is 2.60. The molecule has 1 saturated heterocycles. The molecule has 1 N–H and O–H groups in total. The van der Waals surface area contributed by atoms with Crippen LogP contribution in [0.3, 0.4) is 0 Å². The van der Waals surface area contributed by atoms with E-state index in [1.807, 2.05) is 39.0 Å². The fourth-order valence-corrected chi connectivity index (χ4v) is 5.16. The van der Waals surface area contributed by atoms with E-state index in [0.29, 0.717) is 25.8 Å². The fourth-order valence-electron chi connectivity index (χ4n) is 3.97. The zero-order valence-corrected chi connectivity index (χ0v) is 18.2. The predicted molar refractivity (Wildman–Crippen MR) is 108 cm³/mol. The Morgan fingerprint density at radius 1 is 1.32 bits per heavy atom. The van der Waals surface area contributed by atoms with Crippen molar-refractivity contribution in [3.63, 3.8) is 0 Å². The van der Waals surface area contributed by atoms with Gasteiger partial charge in [0.1, 0.15) is 11.4 Å². The van der Waals surface area contributed by atoms with Gasteiger partial charge in [0.15, 0.2) is 0 Å². The van der Waals surface area contributed by atoms with E-state index in [1.54, 1.807) is 0 Å². The van der Waals surface area contributed by atoms with Crippen molar-refractivity contribution in [1.82, 2.24) is 13.9 Å². The van der Waals surface area contributed by atoms with Crippen LogP contribution < -0.4 is 10.1 Å². The predicted octanol–water partition coefficient (Wildman–Crippen LogP) is 2.23. The van der Waals surface area contributed by atoms with Crippen LogP contribution in [0, 0.1) is 12.8 Å². The second kappa shape index (κ2) is 7.65. The first-order valence-corrected chi connectivity index (χ1v) is 11.2. The molecule has 0 aliphatic carbocycles. The van der Waals surface area contributed by atoms with Gasteiger partial charge in [-0.1, -0.05) is 12.1 Å². The highest BCUT2D eigenvalue weighted by molar-refractivity contribution is 7.86. The monoisotopic (exact) mass is 409 g/mol. The highest BCUT2D eigenvalue weighted by atomic mass is 32.2. The Morgan fingerprint density at radius 2 is 2.04 bits per heavy atom. The van der Waals surface area contributed by atoms with Crippen molar-refractivity contribution in [2.45, 2.75) is 51.7 Å². The molecule has 2 atom stereocenters. The van der Waals surface area contributed by atoms with Crippen molar-refractivity contribution in [3.8, 4) is 5.75 Å². The first-order valence-electron chi connectivity index (χ1n) is 9.77. The standard InChI is InChI=1S/C20H31N3O4S/c1-14-8-9-16-17(12-20(2,3)27-18(16)11-14)21-19(24)15-7-6-10-23(13-15)28(25,26)22(4)5/h8-9,11,15,17H,6-7,10,12-13H2,1-5H3,(H,21,24)/t15-,17-/m0/s1. The molecule has 2 heterocycles. The molecule has 2 aliphatic heterocycles. The number of nitrogens with one attached hydrogen (secondary N) is 1. The van der Waals surface area contributed by atoms with Gasteiger partial charge < -0.3 is 10.1 Å². The third kappa shape index (κ3) is 4.34. The largest absolute Gasteiger partial charge is 0.487 e. The molecule has 1 aromatic rings. The zero-order valence-electron chi connectivity index (χ0n) is 17.4. The van der Waals surface area contributed by atoms with Crippen LogP contribution in [0.5, 0.6) is 5.75 Å². The molecular weight excluding hydrogens is 378 g/mol. The van der Waals surface area contributed by atoms with Gasteiger partial charge in [-0.25, -0.2) is 0 Å². The number of amides is 1. The minimum atomic E-state index is -3.50. The van der Waals surface area contributed by atoms with Crippen molar-refractivity contribution in [3.05, 3.63) is 29.3 Å². The number of carbonyl (C=O) groups excluding carboxylic acids is 1. The molecule has 1 aromatic carbocycles. The van der Waals surface area contributed by atoms with Crippen LogP contribution in [0.4, 0.5) is 0 Å². The van der Waals surface area contributed by atoms with Crippen molar-refractivity contribution in [2.75, 3.05) is 27.2 Å². The van der Waals surface area contributed by atoms with Crippen molar-refractivity contribution in [1.29, 1.82) is 0 Å². The molecule has 1 fully saturated rings. The molecule has 7 nitrogen and oxygen atoms in total. The van der Waals surface area contributed by atoms with E-state index >= 15 is 0 Å². The maximum absolute atomic E-state index is 13.0. The van der Waals surface area contributed by atoms with Gasteiger partial charge in [0.05, 0.1) is 12.0 Å². The molecule has 28 heavy (non-hydrogen) atoms. The van der Waals surface area contributed by atoms with E-state index in [9.17, 15) is 13.2 Å². The summed E-state index contributed by atoms with van der Waals surface area (Å²) in [6, 6.07) is 5.88. The number of carbonyl (C=O) groups is 1. The number of ether oxygens (including phenoxy) is 1. The van der Waals surface area contributed by atoms with Crippen molar-refractivity contribution >= 4 is 16.1 Å². The van der Waals surface area contributed by atoms with Crippen molar-refractivity contribution in [2.24, 2.45) is 5.92 Å². The quantitative estimate of drug-likeness (QED) is 0.827. The van der Waals surface area contributed by atoms with E-state index in [1.165, 1.54) is 22.7 Å². The average molecular weight is 410 g/mol. The molecule has 1 amide bonds. The lowest BCUT2D eigenvalue weighted by molar-refractivity contribution is -0.127. The van der Waals surface area contributed by atoms with Crippen LogP contribution in [-0.4, -0.2) is 55.7 Å². The SMILES string of the molecule is Cc1ccc2c(c1)OC(C)(C)C[C@@H]2NC(=O)[C@H]1CCCN(S(=O)(=O)N(C)C)C1. The smallest absolute Gasteiger partial charge is 0.281 e. The molecule has 8 heteroatoms. The first kappa shape index (κ1) is 21.1. The van der Waals surface area contributed by atoms with Gasteiger partial charge in [0, 0.05) is 39.2 Å². The zero-order chi connectivity index (χ0) is 20.7. The Morgan fingerprint density at radius 3 is 2.71 bits per heavy atom. The summed E-state index contributed by atoms with van der Waals surface area (Å²) in [5.74, 6) is 0.373. The van der Waals surface area contributed by atoms with Crippen LogP contribution in [0.15, 0.2) is 18.2 Å². The van der Waals surface area contributed by atoms with Gasteiger partial charge in [-0.15, -0.1) is 0 Å². The molecule has 0 spiro atoms. The van der Waals surface area contributed by atoms with Crippen molar-refractivity contribution < 1.29 is 17.9 Å². The maximum Gasteiger partial charge on any atom is 0.281 e. The topological polar surface area (TPSA) is 79.0 Å². The first-order chi connectivity index (χ1) is 13.0. The summed E-state index contributed by atoms with van der Waals surface area (Å²) in [5, 5.41) is 3.17. The molecule has 0 bridgehead atoms. The normalized spacial score (nSPS) is 25.1. The lowest BCUT2D eigenvalue weighted by Gasteiger charge is -2.39. The minimum Gasteiger partial charge on any atom is -0.487 e. The third-order valence-electron chi connectivity index (χ3n) is 5.49. The fraction of sp³-hybridized carbons (Fsp3) is 0.650. The van der Waals surface area contributed by atoms with Gasteiger partial charge in [-0.3, -0.25) is 4.79 Å². The second-order valence-electron chi connectivity index (χ2n) is 8.66. The Hall–Kier alpha value is -1.64. The molecule has 2 aliphatic rings. The highest BCUT2D eigenvalue weighted by Crippen LogP contribution is 2.40. The summed E-state index contributed by atoms with van der Waals surface area (Å²) in [4.78, 5) is 13.0. The number of benzene rings is 1. The van der Waals surface area contributed by atoms with Crippen LogP contribution in [-0.2, 0) is 15.0 Å².